The number of carboxylic acid groups (broad SMARTS) is 1. The van der Waals surface area contributed by atoms with Crippen molar-refractivity contribution in [3.05, 3.63) is 39.6 Å². The number of carbonyl (C=O) groups excluding carboxylic acids is 3. The van der Waals surface area contributed by atoms with Crippen molar-refractivity contribution in [1.29, 1.82) is 0 Å². The smallest absolute Gasteiger partial charge is 0.352 e. The molecule has 4 heterocycles. The Morgan fingerprint density at radius 1 is 1.39 bits per heavy atom. The number of thiophene rings is 1. The van der Waals surface area contributed by atoms with Gasteiger partial charge in [-0.25, -0.2) is 4.79 Å². The molecule has 0 aliphatic carbocycles. The fourth-order valence-electron chi connectivity index (χ4n) is 3.11. The van der Waals surface area contributed by atoms with E-state index in [0.717, 1.165) is 16.6 Å². The SMILES string of the molecule is NC(=O)c1nnc(SCC2=C(C(=O)O)N3C(=O)C(NC(=O)Cc4cccs4)[C@H]3SC2)o1. The molecular formula is C17H15N5O6S3. The summed E-state index contributed by atoms with van der Waals surface area (Å²) in [6, 6.07) is 2.90. The van der Waals surface area contributed by atoms with Crippen LogP contribution in [0.25, 0.3) is 0 Å². The Morgan fingerprint density at radius 2 is 2.19 bits per heavy atom. The highest BCUT2D eigenvalue weighted by Crippen LogP contribution is 2.41. The second kappa shape index (κ2) is 8.72. The van der Waals surface area contributed by atoms with Gasteiger partial charge in [0.15, 0.2) is 0 Å². The van der Waals surface area contributed by atoms with Crippen LogP contribution >= 0.6 is 34.9 Å². The normalized spacial score (nSPS) is 20.3. The molecule has 162 valence electrons. The van der Waals surface area contributed by atoms with Crippen molar-refractivity contribution in [1.82, 2.24) is 20.4 Å². The lowest BCUT2D eigenvalue weighted by atomic mass is 10.0. The number of nitrogens with zero attached hydrogens (tertiary/aromatic N) is 3. The van der Waals surface area contributed by atoms with E-state index >= 15 is 0 Å². The van der Waals surface area contributed by atoms with E-state index in [9.17, 15) is 24.3 Å². The van der Waals surface area contributed by atoms with Crippen LogP contribution in [0.1, 0.15) is 15.6 Å². The van der Waals surface area contributed by atoms with Crippen LogP contribution in [0.3, 0.4) is 0 Å². The Kier molecular flexibility index (Phi) is 6.02. The Hall–Kier alpha value is -2.84. The van der Waals surface area contributed by atoms with E-state index in [1.54, 1.807) is 0 Å². The van der Waals surface area contributed by atoms with Crippen molar-refractivity contribution in [2.75, 3.05) is 11.5 Å². The molecule has 0 bridgehead atoms. The molecule has 2 aromatic rings. The van der Waals surface area contributed by atoms with Gasteiger partial charge >= 0.3 is 17.8 Å². The van der Waals surface area contributed by atoms with Gasteiger partial charge in [-0.1, -0.05) is 17.8 Å². The van der Waals surface area contributed by atoms with Gasteiger partial charge in [-0.3, -0.25) is 19.3 Å². The predicted molar refractivity (Wildman–Crippen MR) is 111 cm³/mol. The van der Waals surface area contributed by atoms with Gasteiger partial charge in [0.2, 0.25) is 5.91 Å². The Balaban J connectivity index is 1.43. The van der Waals surface area contributed by atoms with Crippen LogP contribution in [0.4, 0.5) is 0 Å². The third kappa shape index (κ3) is 4.31. The molecular weight excluding hydrogens is 466 g/mol. The first kappa shape index (κ1) is 21.4. The van der Waals surface area contributed by atoms with Gasteiger partial charge in [0, 0.05) is 16.4 Å². The molecule has 2 atom stereocenters. The van der Waals surface area contributed by atoms with Crippen LogP contribution < -0.4 is 11.1 Å². The lowest BCUT2D eigenvalue weighted by molar-refractivity contribution is -0.150. The van der Waals surface area contributed by atoms with Crippen LogP contribution in [0.2, 0.25) is 0 Å². The van der Waals surface area contributed by atoms with Crippen LogP contribution in [-0.2, 0) is 20.8 Å². The van der Waals surface area contributed by atoms with Gasteiger partial charge in [0.25, 0.3) is 11.1 Å². The Morgan fingerprint density at radius 3 is 2.84 bits per heavy atom. The molecule has 31 heavy (non-hydrogen) atoms. The Labute approximate surface area is 187 Å². The van der Waals surface area contributed by atoms with Gasteiger partial charge in [-0.2, -0.15) is 0 Å². The quantitative estimate of drug-likeness (QED) is 0.352. The van der Waals surface area contributed by atoms with Crippen molar-refractivity contribution >= 4 is 58.6 Å². The topological polar surface area (TPSA) is 169 Å². The highest BCUT2D eigenvalue weighted by atomic mass is 32.2. The first-order chi connectivity index (χ1) is 14.8. The maximum Gasteiger partial charge on any atom is 0.352 e. The summed E-state index contributed by atoms with van der Waals surface area (Å²) in [6.07, 6.45) is 0.166. The van der Waals surface area contributed by atoms with Crippen molar-refractivity contribution in [2.24, 2.45) is 5.73 Å². The van der Waals surface area contributed by atoms with Crippen molar-refractivity contribution in [2.45, 2.75) is 23.1 Å². The number of fused-ring (bicyclic) bond motifs is 1. The van der Waals surface area contributed by atoms with Crippen LogP contribution in [0.5, 0.6) is 0 Å². The predicted octanol–water partition coefficient (Wildman–Crippen LogP) is 0.303. The third-order valence-corrected chi connectivity index (χ3v) is 7.59. The number of hydrogen-bond acceptors (Lipinski definition) is 10. The number of nitrogens with two attached hydrogens (primary N) is 1. The van der Waals surface area contributed by atoms with Gasteiger partial charge in [0.05, 0.1) is 6.42 Å². The highest BCUT2D eigenvalue weighted by Gasteiger charge is 2.54. The lowest BCUT2D eigenvalue weighted by Gasteiger charge is -2.49. The summed E-state index contributed by atoms with van der Waals surface area (Å²) < 4.78 is 5.08. The third-order valence-electron chi connectivity index (χ3n) is 4.47. The average Bonchev–Trinajstić information content (AvgIpc) is 3.41. The number of aromatic nitrogens is 2. The number of carboxylic acids is 1. The summed E-state index contributed by atoms with van der Waals surface area (Å²) in [5, 5.41) is 21.0. The van der Waals surface area contributed by atoms with E-state index in [2.05, 4.69) is 15.5 Å². The molecule has 1 unspecified atom stereocenters. The van der Waals surface area contributed by atoms with E-state index in [1.165, 1.54) is 28.0 Å². The zero-order valence-corrected chi connectivity index (χ0v) is 18.1. The minimum atomic E-state index is -1.24. The molecule has 3 amide bonds. The number of carbonyl (C=O) groups is 4. The number of hydrogen-bond donors (Lipinski definition) is 3. The van der Waals surface area contributed by atoms with Gasteiger partial charge < -0.3 is 20.6 Å². The van der Waals surface area contributed by atoms with Gasteiger partial charge in [-0.15, -0.1) is 33.3 Å². The van der Waals surface area contributed by atoms with Gasteiger partial charge in [-0.05, 0) is 17.0 Å². The molecule has 4 rings (SSSR count). The van der Waals surface area contributed by atoms with Crippen molar-refractivity contribution < 1.29 is 28.7 Å². The molecule has 14 heteroatoms. The molecule has 11 nitrogen and oxygen atoms in total. The first-order valence-electron chi connectivity index (χ1n) is 8.83. The van der Waals surface area contributed by atoms with Crippen molar-refractivity contribution in [3.63, 3.8) is 0 Å². The summed E-state index contributed by atoms with van der Waals surface area (Å²) in [7, 11) is 0. The molecule has 1 saturated heterocycles. The first-order valence-corrected chi connectivity index (χ1v) is 11.7. The highest BCUT2D eigenvalue weighted by molar-refractivity contribution is 8.01. The van der Waals surface area contributed by atoms with E-state index in [4.69, 9.17) is 10.2 Å². The van der Waals surface area contributed by atoms with E-state index in [-0.39, 0.29) is 34.9 Å². The van der Waals surface area contributed by atoms with Crippen molar-refractivity contribution in [3.8, 4) is 0 Å². The maximum absolute atomic E-state index is 12.7. The van der Waals surface area contributed by atoms with Crippen LogP contribution in [0.15, 0.2) is 38.4 Å². The Bertz CT molecular complexity index is 1080. The van der Waals surface area contributed by atoms with E-state index in [1.807, 2.05) is 17.5 Å². The summed E-state index contributed by atoms with van der Waals surface area (Å²) in [6.45, 7) is 0. The second-order valence-electron chi connectivity index (χ2n) is 6.49. The summed E-state index contributed by atoms with van der Waals surface area (Å²) in [5.74, 6) is -2.68. The maximum atomic E-state index is 12.7. The largest absolute Gasteiger partial charge is 0.477 e. The minimum absolute atomic E-state index is 0.0619. The summed E-state index contributed by atoms with van der Waals surface area (Å²) in [5.41, 5.74) is 5.44. The number of amides is 3. The van der Waals surface area contributed by atoms with Crippen LogP contribution in [-0.4, -0.2) is 66.8 Å². The molecule has 1 fully saturated rings. The lowest BCUT2D eigenvalue weighted by Crippen LogP contribution is -2.70. The number of β-lactam (4-membered cyclic amide) rings is 1. The molecule has 0 aromatic carbocycles. The summed E-state index contributed by atoms with van der Waals surface area (Å²) >= 11 is 3.85. The number of aliphatic carboxylic acids is 1. The van der Waals surface area contributed by atoms with E-state index < -0.39 is 29.2 Å². The number of primary amides is 1. The molecule has 2 aliphatic heterocycles. The molecule has 0 saturated carbocycles. The number of thioether (sulfide) groups is 2. The monoisotopic (exact) mass is 481 g/mol. The number of rotatable bonds is 8. The van der Waals surface area contributed by atoms with E-state index in [0.29, 0.717) is 11.3 Å². The molecule has 0 radical (unpaired) electrons. The molecule has 2 aromatic heterocycles. The fourth-order valence-corrected chi connectivity index (χ4v) is 6.06. The zero-order chi connectivity index (χ0) is 22.1. The number of nitrogens with one attached hydrogen (secondary N) is 1. The zero-order valence-electron chi connectivity index (χ0n) is 15.6. The second-order valence-corrected chi connectivity index (χ2v) is 9.56. The molecule has 4 N–H and O–H groups in total. The van der Waals surface area contributed by atoms with Crippen LogP contribution in [0, 0.1) is 0 Å². The molecule has 2 aliphatic rings. The molecule has 0 spiro atoms. The minimum Gasteiger partial charge on any atom is -0.477 e. The summed E-state index contributed by atoms with van der Waals surface area (Å²) in [4.78, 5) is 49.9. The average molecular weight is 482 g/mol. The fraction of sp³-hybridized carbons (Fsp3) is 0.294. The standard InChI is InChI=1S/C17H15N5O6S3/c18-12(24)13-20-21-17(28-13)31-6-7-5-30-15-10(14(25)22(15)11(7)16(26)27)19-9(23)4-8-2-1-3-29-8/h1-3,10,15H,4-6H2,(H2,18,24)(H,19,23)(H,26,27)/t10?,15-/m1/s1. The van der Waals surface area contributed by atoms with Gasteiger partial charge in [0.1, 0.15) is 17.1 Å².